The largest absolute Gasteiger partial charge is 0.311 e. The van der Waals surface area contributed by atoms with Crippen LogP contribution < -0.4 is 15.3 Å². The summed E-state index contributed by atoms with van der Waals surface area (Å²) < 4.78 is 0. The second kappa shape index (κ2) is 7.14. The minimum absolute atomic E-state index is 0.952. The van der Waals surface area contributed by atoms with Gasteiger partial charge in [-0.3, -0.25) is 0 Å². The summed E-state index contributed by atoms with van der Waals surface area (Å²) in [6.07, 6.45) is 3.55. The molecule has 0 saturated heterocycles. The molecule has 1 aliphatic rings. The number of aromatic nitrogens is 2. The van der Waals surface area contributed by atoms with E-state index in [0.29, 0.717) is 0 Å². The molecule has 5 aromatic rings. The fourth-order valence-electron chi connectivity index (χ4n) is 5.00. The molecule has 0 N–H and O–H groups in total. The van der Waals surface area contributed by atoms with Crippen LogP contribution >= 0.6 is 0 Å². The minimum atomic E-state index is -1.80. The molecule has 4 aromatic carbocycles. The van der Waals surface area contributed by atoms with Crippen LogP contribution in [-0.4, -0.2) is 18.0 Å². The third-order valence-corrected chi connectivity index (χ3v) is 10.1. The van der Waals surface area contributed by atoms with E-state index in [1.807, 2.05) is 6.20 Å². The predicted octanol–water partition coefficient (Wildman–Crippen LogP) is 5.90. The third-order valence-electron chi connectivity index (χ3n) is 6.59. The number of nitrogens with zero attached hydrogens (tertiary/aromatic N) is 3. The Hall–Kier alpha value is -3.76. The molecule has 0 amide bonds. The zero-order valence-electron chi connectivity index (χ0n) is 18.2. The molecule has 0 radical (unpaired) electrons. The number of benzene rings is 4. The summed E-state index contributed by atoms with van der Waals surface area (Å²) in [5.41, 5.74) is 6.94. The van der Waals surface area contributed by atoms with E-state index in [-0.39, 0.29) is 0 Å². The molecule has 1 aliphatic heterocycles. The maximum absolute atomic E-state index is 4.63. The average molecular weight is 430 g/mol. The van der Waals surface area contributed by atoms with Gasteiger partial charge in [-0.15, -0.1) is 0 Å². The van der Waals surface area contributed by atoms with E-state index in [9.17, 15) is 0 Å². The molecule has 0 aliphatic carbocycles. The molecule has 1 aromatic heterocycles. The smallest absolute Gasteiger partial charge is 0.117 e. The van der Waals surface area contributed by atoms with E-state index in [0.717, 1.165) is 22.2 Å². The first-order valence-corrected chi connectivity index (χ1v) is 13.9. The van der Waals surface area contributed by atoms with Crippen molar-refractivity contribution in [2.24, 2.45) is 0 Å². The molecule has 0 bridgehead atoms. The second-order valence-corrected chi connectivity index (χ2v) is 13.1. The normalized spacial score (nSPS) is 14.1. The van der Waals surface area contributed by atoms with Crippen LogP contribution in [0, 0.1) is 0 Å². The Balaban J connectivity index is 1.67. The van der Waals surface area contributed by atoms with E-state index in [2.05, 4.69) is 119 Å². The van der Waals surface area contributed by atoms with Crippen molar-refractivity contribution in [1.82, 2.24) is 9.97 Å². The van der Waals surface area contributed by atoms with Crippen LogP contribution in [0.25, 0.3) is 22.0 Å². The Morgan fingerprint density at radius 3 is 2.03 bits per heavy atom. The number of anilines is 3. The van der Waals surface area contributed by atoms with E-state index in [1.54, 1.807) is 6.33 Å². The molecule has 2 heterocycles. The Morgan fingerprint density at radius 2 is 1.34 bits per heavy atom. The first kappa shape index (κ1) is 19.0. The van der Waals surface area contributed by atoms with Crippen molar-refractivity contribution in [3.05, 3.63) is 104 Å². The highest BCUT2D eigenvalue weighted by atomic mass is 28.3. The number of hydrogen-bond acceptors (Lipinski definition) is 3. The molecular formula is C28H23N3Si. The lowest BCUT2D eigenvalue weighted by molar-refractivity contribution is 1.22. The number of para-hydroxylation sites is 2. The van der Waals surface area contributed by atoms with Gasteiger partial charge in [0.2, 0.25) is 0 Å². The van der Waals surface area contributed by atoms with Gasteiger partial charge < -0.3 is 4.90 Å². The lowest BCUT2D eigenvalue weighted by Crippen LogP contribution is -2.58. The van der Waals surface area contributed by atoms with Crippen molar-refractivity contribution in [3.8, 4) is 11.1 Å². The van der Waals surface area contributed by atoms with Gasteiger partial charge in [0, 0.05) is 28.6 Å². The fourth-order valence-corrected chi connectivity index (χ4v) is 7.99. The summed E-state index contributed by atoms with van der Waals surface area (Å²) in [4.78, 5) is 11.4. The van der Waals surface area contributed by atoms with Crippen molar-refractivity contribution in [2.75, 3.05) is 4.90 Å². The number of rotatable bonds is 2. The third kappa shape index (κ3) is 2.80. The highest BCUT2D eigenvalue weighted by Crippen LogP contribution is 2.41. The molecule has 0 fully saturated rings. The van der Waals surface area contributed by atoms with Crippen molar-refractivity contribution in [1.29, 1.82) is 0 Å². The van der Waals surface area contributed by atoms with Crippen molar-refractivity contribution < 1.29 is 0 Å². The van der Waals surface area contributed by atoms with Gasteiger partial charge in [-0.25, -0.2) is 9.97 Å². The Morgan fingerprint density at radius 1 is 0.719 bits per heavy atom. The quantitative estimate of drug-likeness (QED) is 0.327. The molecule has 154 valence electrons. The molecule has 4 heteroatoms. The van der Waals surface area contributed by atoms with Crippen LogP contribution in [0.15, 0.2) is 104 Å². The van der Waals surface area contributed by atoms with Crippen molar-refractivity contribution in [3.63, 3.8) is 0 Å². The summed E-state index contributed by atoms with van der Waals surface area (Å²) in [6.45, 7) is 4.90. The van der Waals surface area contributed by atoms with Crippen LogP contribution in [0.4, 0.5) is 17.1 Å². The Kier molecular flexibility index (Phi) is 4.23. The average Bonchev–Trinajstić information content (AvgIpc) is 2.84. The molecule has 0 spiro atoms. The van der Waals surface area contributed by atoms with Gasteiger partial charge in [-0.1, -0.05) is 79.8 Å². The van der Waals surface area contributed by atoms with Gasteiger partial charge in [-0.2, -0.15) is 0 Å². The van der Waals surface area contributed by atoms with E-state index < -0.39 is 8.07 Å². The fraction of sp³-hybridized carbons (Fsp3) is 0.0714. The maximum Gasteiger partial charge on any atom is 0.117 e. The van der Waals surface area contributed by atoms with Gasteiger partial charge in [-0.05, 0) is 45.8 Å². The molecule has 0 atom stereocenters. The number of fused-ring (bicyclic) bond motifs is 3. The number of hydrogen-bond donors (Lipinski definition) is 0. The van der Waals surface area contributed by atoms with Crippen LogP contribution in [0.5, 0.6) is 0 Å². The molecule has 3 nitrogen and oxygen atoms in total. The topological polar surface area (TPSA) is 29.0 Å². The lowest BCUT2D eigenvalue weighted by Gasteiger charge is -2.41. The van der Waals surface area contributed by atoms with Crippen LogP contribution in [0.3, 0.4) is 0 Å². The highest BCUT2D eigenvalue weighted by Gasteiger charge is 2.38. The zero-order chi connectivity index (χ0) is 21.7. The molecule has 6 rings (SSSR count). The molecule has 32 heavy (non-hydrogen) atoms. The molecule has 0 saturated carbocycles. The molecule has 0 unspecified atom stereocenters. The van der Waals surface area contributed by atoms with Gasteiger partial charge in [0.25, 0.3) is 0 Å². The first-order chi connectivity index (χ1) is 15.6. The molecular weight excluding hydrogens is 406 g/mol. The van der Waals surface area contributed by atoms with Gasteiger partial charge in [0.1, 0.15) is 14.4 Å². The Bertz CT molecular complexity index is 1410. The van der Waals surface area contributed by atoms with Gasteiger partial charge >= 0.3 is 0 Å². The van der Waals surface area contributed by atoms with Crippen LogP contribution in [0.1, 0.15) is 0 Å². The summed E-state index contributed by atoms with van der Waals surface area (Å²) >= 11 is 0. The lowest BCUT2D eigenvalue weighted by atomic mass is 10.00. The van der Waals surface area contributed by atoms with Crippen LogP contribution in [-0.2, 0) is 0 Å². The summed E-state index contributed by atoms with van der Waals surface area (Å²) in [7, 11) is -1.80. The summed E-state index contributed by atoms with van der Waals surface area (Å²) in [6, 6.07) is 32.8. The highest BCUT2D eigenvalue weighted by molar-refractivity contribution is 7.02. The van der Waals surface area contributed by atoms with Crippen molar-refractivity contribution >= 4 is 46.4 Å². The Labute approximate surface area is 189 Å². The van der Waals surface area contributed by atoms with E-state index >= 15 is 0 Å². The van der Waals surface area contributed by atoms with E-state index in [1.165, 1.54) is 27.3 Å². The van der Waals surface area contributed by atoms with Crippen LogP contribution in [0.2, 0.25) is 13.1 Å². The second-order valence-electron chi connectivity index (χ2n) is 8.81. The van der Waals surface area contributed by atoms with Gasteiger partial charge in [0.15, 0.2) is 0 Å². The minimum Gasteiger partial charge on any atom is -0.311 e. The van der Waals surface area contributed by atoms with Gasteiger partial charge in [0.05, 0.1) is 5.52 Å². The predicted molar refractivity (Wildman–Crippen MR) is 136 cm³/mol. The maximum atomic E-state index is 4.63. The standard InChI is InChI=1S/C28H23N3Si/c1-32(2)27-14-8-6-12-25(27)31(26-13-7-9-15-28(26)32)21-16-22(20-10-4-3-5-11-20)23-18-29-19-30-24(23)17-21/h3-19H,1-2H3. The monoisotopic (exact) mass is 429 g/mol. The first-order valence-electron chi connectivity index (χ1n) is 10.9. The van der Waals surface area contributed by atoms with Crippen molar-refractivity contribution in [2.45, 2.75) is 13.1 Å². The zero-order valence-corrected chi connectivity index (χ0v) is 19.2. The SMILES string of the molecule is C[Si]1(C)c2ccccc2N(c2cc(-c3ccccc3)c3cncnc3c2)c2ccccc21. The van der Waals surface area contributed by atoms with E-state index in [4.69, 9.17) is 0 Å². The summed E-state index contributed by atoms with van der Waals surface area (Å²) in [5.74, 6) is 0. The summed E-state index contributed by atoms with van der Waals surface area (Å²) in [5, 5.41) is 3.99.